The van der Waals surface area contributed by atoms with Gasteiger partial charge in [-0.2, -0.15) is 5.10 Å². The third-order valence-corrected chi connectivity index (χ3v) is 3.08. The van der Waals surface area contributed by atoms with Crippen LogP contribution in [0.4, 0.5) is 5.69 Å². The zero-order valence-corrected chi connectivity index (χ0v) is 9.40. The highest BCUT2D eigenvalue weighted by Crippen LogP contribution is 2.23. The van der Waals surface area contributed by atoms with E-state index in [0.717, 1.165) is 30.6 Å². The van der Waals surface area contributed by atoms with E-state index in [0.29, 0.717) is 0 Å². The molecule has 4 heteroatoms. The van der Waals surface area contributed by atoms with Gasteiger partial charge in [-0.25, -0.2) is 0 Å². The molecule has 1 aromatic heterocycles. The van der Waals surface area contributed by atoms with Crippen molar-refractivity contribution in [3.63, 3.8) is 0 Å². The quantitative estimate of drug-likeness (QED) is 0.775. The molecule has 1 heterocycles. The van der Waals surface area contributed by atoms with Crippen molar-refractivity contribution in [3.8, 4) is 0 Å². The summed E-state index contributed by atoms with van der Waals surface area (Å²) >= 11 is 0. The number of aromatic nitrogens is 2. The van der Waals surface area contributed by atoms with E-state index in [2.05, 4.69) is 10.4 Å². The molecule has 0 saturated heterocycles. The number of nitrogens with zero attached hydrogens (tertiary/aromatic N) is 2. The van der Waals surface area contributed by atoms with Gasteiger partial charge in [0.05, 0.1) is 23.5 Å². The Morgan fingerprint density at radius 2 is 2.20 bits per heavy atom. The molecule has 0 aliphatic heterocycles. The van der Waals surface area contributed by atoms with Crippen LogP contribution in [0.2, 0.25) is 0 Å². The summed E-state index contributed by atoms with van der Waals surface area (Å²) in [6, 6.07) is 0.196. The molecule has 1 saturated carbocycles. The van der Waals surface area contributed by atoms with Crippen LogP contribution >= 0.6 is 0 Å². The molecule has 2 atom stereocenters. The van der Waals surface area contributed by atoms with Crippen LogP contribution in [0, 0.1) is 6.92 Å². The zero-order valence-electron chi connectivity index (χ0n) is 9.40. The molecule has 0 bridgehead atoms. The molecular formula is C11H19N3O. The van der Waals surface area contributed by atoms with Gasteiger partial charge in [-0.3, -0.25) is 4.68 Å². The lowest BCUT2D eigenvalue weighted by Gasteiger charge is -2.28. The Balaban J connectivity index is 2.04. The molecule has 0 aromatic carbocycles. The Kier molecular flexibility index (Phi) is 2.95. The van der Waals surface area contributed by atoms with E-state index in [-0.39, 0.29) is 12.1 Å². The first-order chi connectivity index (χ1) is 7.16. The third-order valence-electron chi connectivity index (χ3n) is 3.08. The topological polar surface area (TPSA) is 50.1 Å². The van der Waals surface area contributed by atoms with Crippen molar-refractivity contribution >= 4 is 5.69 Å². The van der Waals surface area contributed by atoms with Gasteiger partial charge in [0.15, 0.2) is 0 Å². The molecule has 2 unspecified atom stereocenters. The number of aliphatic hydroxyl groups is 1. The Bertz CT molecular complexity index is 335. The van der Waals surface area contributed by atoms with E-state index in [1.807, 2.05) is 20.2 Å². The fourth-order valence-electron chi connectivity index (χ4n) is 2.22. The number of hydrogen-bond donors (Lipinski definition) is 2. The van der Waals surface area contributed by atoms with Gasteiger partial charge in [-0.1, -0.05) is 12.8 Å². The predicted molar refractivity (Wildman–Crippen MR) is 59.8 cm³/mol. The summed E-state index contributed by atoms with van der Waals surface area (Å²) in [7, 11) is 1.91. The van der Waals surface area contributed by atoms with Crippen molar-refractivity contribution in [1.82, 2.24) is 9.78 Å². The van der Waals surface area contributed by atoms with Crippen LogP contribution in [-0.4, -0.2) is 27.0 Å². The van der Waals surface area contributed by atoms with E-state index >= 15 is 0 Å². The Morgan fingerprint density at radius 1 is 1.47 bits per heavy atom. The first-order valence-corrected chi connectivity index (χ1v) is 5.61. The molecule has 2 rings (SSSR count). The first-order valence-electron chi connectivity index (χ1n) is 5.61. The van der Waals surface area contributed by atoms with Crippen molar-refractivity contribution in [2.45, 2.75) is 44.8 Å². The van der Waals surface area contributed by atoms with E-state index in [4.69, 9.17) is 0 Å². The van der Waals surface area contributed by atoms with Crippen LogP contribution in [0.25, 0.3) is 0 Å². The van der Waals surface area contributed by atoms with Crippen LogP contribution < -0.4 is 5.32 Å². The molecule has 1 aromatic rings. The second-order valence-corrected chi connectivity index (χ2v) is 4.40. The molecule has 0 amide bonds. The van der Waals surface area contributed by atoms with Gasteiger partial charge < -0.3 is 10.4 Å². The van der Waals surface area contributed by atoms with Gasteiger partial charge in [-0.15, -0.1) is 0 Å². The highest BCUT2D eigenvalue weighted by Gasteiger charge is 2.23. The van der Waals surface area contributed by atoms with Crippen LogP contribution in [0.3, 0.4) is 0 Å². The average Bonchev–Trinajstić information content (AvgIpc) is 2.49. The predicted octanol–water partition coefficient (Wildman–Crippen LogP) is 1.44. The Labute approximate surface area is 90.3 Å². The van der Waals surface area contributed by atoms with Crippen molar-refractivity contribution < 1.29 is 5.11 Å². The third kappa shape index (κ3) is 2.31. The van der Waals surface area contributed by atoms with Gasteiger partial charge in [0.25, 0.3) is 0 Å². The minimum absolute atomic E-state index is 0.196. The van der Waals surface area contributed by atoms with Gasteiger partial charge in [0, 0.05) is 13.2 Å². The molecular weight excluding hydrogens is 190 g/mol. The molecule has 1 aliphatic carbocycles. The standard InChI is InChI=1S/C11H19N3O/c1-8-10(7-14(2)13-8)12-9-5-3-4-6-11(9)15/h7,9,11-12,15H,3-6H2,1-2H3. The summed E-state index contributed by atoms with van der Waals surface area (Å²) in [5.41, 5.74) is 2.04. The average molecular weight is 209 g/mol. The molecule has 4 nitrogen and oxygen atoms in total. The lowest BCUT2D eigenvalue weighted by molar-refractivity contribution is 0.116. The van der Waals surface area contributed by atoms with Crippen LogP contribution in [0.5, 0.6) is 0 Å². The lowest BCUT2D eigenvalue weighted by Crippen LogP contribution is -2.36. The highest BCUT2D eigenvalue weighted by atomic mass is 16.3. The monoisotopic (exact) mass is 209 g/mol. The molecule has 0 spiro atoms. The fourth-order valence-corrected chi connectivity index (χ4v) is 2.22. The summed E-state index contributed by atoms with van der Waals surface area (Å²) in [4.78, 5) is 0. The smallest absolute Gasteiger partial charge is 0.0825 e. The Morgan fingerprint density at radius 3 is 2.80 bits per heavy atom. The molecule has 15 heavy (non-hydrogen) atoms. The second-order valence-electron chi connectivity index (χ2n) is 4.40. The fraction of sp³-hybridized carbons (Fsp3) is 0.727. The van der Waals surface area contributed by atoms with Gasteiger partial charge >= 0.3 is 0 Å². The van der Waals surface area contributed by atoms with E-state index in [1.54, 1.807) is 4.68 Å². The number of rotatable bonds is 2. The maximum Gasteiger partial charge on any atom is 0.0825 e. The van der Waals surface area contributed by atoms with Crippen molar-refractivity contribution in [3.05, 3.63) is 11.9 Å². The van der Waals surface area contributed by atoms with Crippen LogP contribution in [0.1, 0.15) is 31.4 Å². The van der Waals surface area contributed by atoms with Gasteiger partial charge in [-0.05, 0) is 19.8 Å². The number of aryl methyl sites for hydroxylation is 2. The van der Waals surface area contributed by atoms with Crippen LogP contribution in [-0.2, 0) is 7.05 Å². The SMILES string of the molecule is Cc1nn(C)cc1NC1CCCCC1O. The number of hydrogen-bond acceptors (Lipinski definition) is 3. The van der Waals surface area contributed by atoms with E-state index in [9.17, 15) is 5.11 Å². The molecule has 1 aliphatic rings. The zero-order chi connectivity index (χ0) is 10.8. The largest absolute Gasteiger partial charge is 0.391 e. The minimum atomic E-state index is -0.210. The maximum absolute atomic E-state index is 9.84. The van der Waals surface area contributed by atoms with Gasteiger partial charge in [0.1, 0.15) is 0 Å². The number of aliphatic hydroxyl groups excluding tert-OH is 1. The summed E-state index contributed by atoms with van der Waals surface area (Å²) in [5.74, 6) is 0. The van der Waals surface area contributed by atoms with Crippen molar-refractivity contribution in [1.29, 1.82) is 0 Å². The van der Waals surface area contributed by atoms with Crippen LogP contribution in [0.15, 0.2) is 6.20 Å². The van der Waals surface area contributed by atoms with E-state index in [1.165, 1.54) is 6.42 Å². The first kappa shape index (κ1) is 10.5. The maximum atomic E-state index is 9.84. The minimum Gasteiger partial charge on any atom is -0.391 e. The molecule has 84 valence electrons. The lowest BCUT2D eigenvalue weighted by atomic mass is 9.92. The Hall–Kier alpha value is -1.03. The normalized spacial score (nSPS) is 26.6. The van der Waals surface area contributed by atoms with Gasteiger partial charge in [0.2, 0.25) is 0 Å². The van der Waals surface area contributed by atoms with Crippen molar-refractivity contribution in [2.24, 2.45) is 7.05 Å². The van der Waals surface area contributed by atoms with Crippen molar-refractivity contribution in [2.75, 3.05) is 5.32 Å². The summed E-state index contributed by atoms with van der Waals surface area (Å²) in [6.45, 7) is 1.98. The molecule has 2 N–H and O–H groups in total. The molecule has 0 radical (unpaired) electrons. The molecule has 1 fully saturated rings. The number of nitrogens with one attached hydrogen (secondary N) is 1. The number of anilines is 1. The summed E-state index contributed by atoms with van der Waals surface area (Å²) in [6.07, 6.45) is 6.07. The summed E-state index contributed by atoms with van der Waals surface area (Å²) in [5, 5.41) is 17.5. The second kappa shape index (κ2) is 4.23. The summed E-state index contributed by atoms with van der Waals surface area (Å²) < 4.78 is 1.80. The highest BCUT2D eigenvalue weighted by molar-refractivity contribution is 5.46. The van der Waals surface area contributed by atoms with E-state index < -0.39 is 0 Å².